The molecular weight excluding hydrogens is 278 g/mol. The Labute approximate surface area is 118 Å². The number of rotatable bonds is 2. The molecule has 0 aliphatic rings. The molecular formula is H5KO7P2Zn. The second-order valence-electron chi connectivity index (χ2n) is 1.06. The molecule has 0 aromatic rings. The Hall–Kier alpha value is 2.52. The van der Waals surface area contributed by atoms with Gasteiger partial charge in [0.15, 0.2) is 0 Å². The number of hydrogen-bond donors (Lipinski definition) is 4. The Bertz CT molecular complexity index is 157. The van der Waals surface area contributed by atoms with Crippen molar-refractivity contribution in [3.8, 4) is 0 Å². The number of phosphoric acid groups is 2. The van der Waals surface area contributed by atoms with Crippen LogP contribution in [0.4, 0.5) is 0 Å². The third-order valence-electron chi connectivity index (χ3n) is 0.213. The van der Waals surface area contributed by atoms with Crippen LogP contribution in [0.3, 0.4) is 0 Å². The van der Waals surface area contributed by atoms with Crippen LogP contribution in [0.25, 0.3) is 0 Å². The third-order valence-corrected chi connectivity index (χ3v) is 1.91. The zero-order valence-electron chi connectivity index (χ0n) is 4.62. The largest absolute Gasteiger partial charge is 0 e. The summed E-state index contributed by atoms with van der Waals surface area (Å²) in [5.74, 6) is 0. The zero-order chi connectivity index (χ0) is 7.71. The minimum absolute atomic E-state index is 0. The fraction of sp³-hybridized carbons (Fsp3) is 0. The Morgan fingerprint density at radius 2 is 1.09 bits per heavy atom. The fourth-order valence-corrected chi connectivity index (χ4v) is 1.25. The van der Waals surface area contributed by atoms with Gasteiger partial charge in [-0.1, -0.05) is 0 Å². The maximum Gasteiger partial charge on any atom is 0 e. The molecule has 0 heterocycles. The quantitative estimate of drug-likeness (QED) is 0.360. The van der Waals surface area contributed by atoms with Crippen molar-refractivity contribution in [3.05, 3.63) is 0 Å². The molecule has 4 N–H and O–H groups in total. The van der Waals surface area contributed by atoms with E-state index < -0.39 is 15.6 Å². The van der Waals surface area contributed by atoms with Gasteiger partial charge in [-0.3, -0.25) is 0 Å². The summed E-state index contributed by atoms with van der Waals surface area (Å²) in [6.07, 6.45) is 0. The summed E-state index contributed by atoms with van der Waals surface area (Å²) in [6, 6.07) is 0. The summed E-state index contributed by atoms with van der Waals surface area (Å²) in [5, 5.41) is 0. The Kier molecular flexibility index (Phi) is 12.0. The summed E-state index contributed by atoms with van der Waals surface area (Å²) in [5.41, 5.74) is 0. The molecule has 7 nitrogen and oxygen atoms in total. The number of hydrogen-bond acceptors (Lipinski definition) is 3. The van der Waals surface area contributed by atoms with Crippen LogP contribution in [0.15, 0.2) is 0 Å². The second-order valence-corrected chi connectivity index (χ2v) is 3.68. The predicted octanol–water partition coefficient (Wildman–Crippen LogP) is -1.46. The Morgan fingerprint density at radius 3 is 1.09 bits per heavy atom. The Morgan fingerprint density at radius 1 is 0.909 bits per heavy atom. The summed E-state index contributed by atoms with van der Waals surface area (Å²) in [4.78, 5) is 31.0. The van der Waals surface area contributed by atoms with Gasteiger partial charge in [0.2, 0.25) is 0 Å². The molecule has 0 saturated heterocycles. The molecule has 0 rings (SSSR count). The minimum atomic E-state index is -5.05. The van der Waals surface area contributed by atoms with Crippen LogP contribution in [0, 0.1) is 0 Å². The van der Waals surface area contributed by atoms with Gasteiger partial charge in [-0.05, 0) is 0 Å². The molecule has 11 heteroatoms. The van der Waals surface area contributed by atoms with Crippen LogP contribution < -0.4 is 0 Å². The van der Waals surface area contributed by atoms with Gasteiger partial charge < -0.3 is 19.6 Å². The van der Waals surface area contributed by atoms with Crippen LogP contribution in [-0.2, 0) is 32.9 Å². The van der Waals surface area contributed by atoms with Crippen molar-refractivity contribution in [2.24, 2.45) is 0 Å². The topological polar surface area (TPSA) is 124 Å². The SMILES string of the molecule is O=P(O)(O)OP(=O)(O)O.[KH].[Zn]. The second kappa shape index (κ2) is 6.90. The molecule has 0 atom stereocenters. The smallest absolute Gasteiger partial charge is 0 e. The van der Waals surface area contributed by atoms with E-state index in [4.69, 9.17) is 19.6 Å². The van der Waals surface area contributed by atoms with E-state index in [0.29, 0.717) is 0 Å². The van der Waals surface area contributed by atoms with E-state index in [1.54, 1.807) is 0 Å². The first-order valence-corrected chi connectivity index (χ1v) is 4.59. The molecule has 0 aliphatic carbocycles. The average molecular weight is 283 g/mol. The van der Waals surface area contributed by atoms with Crippen molar-refractivity contribution in [3.63, 3.8) is 0 Å². The van der Waals surface area contributed by atoms with Crippen LogP contribution in [0.2, 0.25) is 0 Å². The van der Waals surface area contributed by atoms with Crippen LogP contribution in [0.5, 0.6) is 0 Å². The van der Waals surface area contributed by atoms with E-state index in [9.17, 15) is 9.13 Å². The first-order valence-electron chi connectivity index (χ1n) is 1.53. The molecule has 11 heavy (non-hydrogen) atoms. The normalized spacial score (nSPS) is 11.3. The van der Waals surface area contributed by atoms with Crippen molar-refractivity contribution in [2.45, 2.75) is 0 Å². The molecule has 0 aliphatic heterocycles. The molecule has 0 aromatic carbocycles. The van der Waals surface area contributed by atoms with Gasteiger partial charge in [0.1, 0.15) is 0 Å². The van der Waals surface area contributed by atoms with Gasteiger partial charge in [0, 0.05) is 19.5 Å². The molecule has 0 aromatic heterocycles. The van der Waals surface area contributed by atoms with E-state index in [0.717, 1.165) is 0 Å². The van der Waals surface area contributed by atoms with Gasteiger partial charge in [0.05, 0.1) is 0 Å². The first-order chi connectivity index (χ1) is 3.71. The van der Waals surface area contributed by atoms with Crippen LogP contribution in [-0.4, -0.2) is 71.0 Å². The molecule has 0 amide bonds. The summed E-state index contributed by atoms with van der Waals surface area (Å²) in [6.45, 7) is 0. The van der Waals surface area contributed by atoms with Crippen molar-refractivity contribution in [2.75, 3.05) is 0 Å². The molecule has 0 unspecified atom stereocenters. The average Bonchev–Trinajstić information content (AvgIpc) is 1.14. The summed E-state index contributed by atoms with van der Waals surface area (Å²) >= 11 is 0. The van der Waals surface area contributed by atoms with Gasteiger partial charge >= 0.3 is 67.0 Å². The third kappa shape index (κ3) is 19.1. The molecule has 0 saturated carbocycles. The maximum absolute atomic E-state index is 9.63. The van der Waals surface area contributed by atoms with E-state index in [2.05, 4.69) is 4.31 Å². The van der Waals surface area contributed by atoms with Crippen LogP contribution in [0.1, 0.15) is 0 Å². The molecule has 0 radical (unpaired) electrons. The van der Waals surface area contributed by atoms with Crippen molar-refractivity contribution < 1.29 is 52.5 Å². The first kappa shape index (κ1) is 19.1. The van der Waals surface area contributed by atoms with Crippen molar-refractivity contribution in [1.29, 1.82) is 0 Å². The molecule has 0 fully saturated rings. The minimum Gasteiger partial charge on any atom is 0 e. The molecule has 60 valence electrons. The van der Waals surface area contributed by atoms with Gasteiger partial charge in [-0.2, -0.15) is 4.31 Å². The molecule has 0 bridgehead atoms. The maximum atomic E-state index is 9.63. The predicted molar refractivity (Wildman–Crippen MR) is 32.3 cm³/mol. The van der Waals surface area contributed by atoms with Gasteiger partial charge in [-0.25, -0.2) is 9.13 Å². The molecule has 0 spiro atoms. The van der Waals surface area contributed by atoms with E-state index in [-0.39, 0.29) is 70.9 Å². The van der Waals surface area contributed by atoms with Crippen molar-refractivity contribution >= 4 is 67.0 Å². The van der Waals surface area contributed by atoms with E-state index >= 15 is 0 Å². The Balaban J connectivity index is -0.000000320. The van der Waals surface area contributed by atoms with Crippen molar-refractivity contribution in [1.82, 2.24) is 0 Å². The fourth-order valence-electron chi connectivity index (χ4n) is 0.139. The summed E-state index contributed by atoms with van der Waals surface area (Å²) in [7, 11) is -10.1. The van der Waals surface area contributed by atoms with Gasteiger partial charge in [0.25, 0.3) is 0 Å². The zero-order valence-corrected chi connectivity index (χ0v) is 9.37. The summed E-state index contributed by atoms with van der Waals surface area (Å²) < 4.78 is 22.2. The van der Waals surface area contributed by atoms with Gasteiger partial charge in [-0.15, -0.1) is 0 Å². The van der Waals surface area contributed by atoms with E-state index in [1.807, 2.05) is 0 Å². The standard InChI is InChI=1S/K.H4O7P2.Zn.H/c;1-8(2,3)7-9(4,5)6;;/h;(H2,1,2,3)(H2,4,5,6);;. The van der Waals surface area contributed by atoms with Crippen LogP contribution >= 0.6 is 15.6 Å². The monoisotopic (exact) mass is 282 g/mol. The van der Waals surface area contributed by atoms with E-state index in [1.165, 1.54) is 0 Å².